The minimum atomic E-state index is -1.16. The standard InChI is InChI=1S/C33H41N9O4/c1-4-14-41-31(45)26-21-34-32(37-30(26)42(41)28-7-5-6-27(36-28)33(2,3)46)35-23-8-10-24(11-9-23)39-17-19-40(20-18-39)25-12-15-38(16-13-25)22-29(43)44/h4-11,21,25,46H,1,12-20,22H2,2-3H3,(H,43,44)(H,34,35,37). The van der Waals surface area contributed by atoms with Crippen LogP contribution in [0.2, 0.25) is 0 Å². The zero-order valence-corrected chi connectivity index (χ0v) is 26.3. The molecular weight excluding hydrogens is 586 g/mol. The predicted octanol–water partition coefficient (Wildman–Crippen LogP) is 2.81. The van der Waals surface area contributed by atoms with Crippen molar-refractivity contribution < 1.29 is 15.0 Å². The summed E-state index contributed by atoms with van der Waals surface area (Å²) in [5.74, 6) is 0.0346. The van der Waals surface area contributed by atoms with Crippen LogP contribution >= 0.6 is 0 Å². The van der Waals surface area contributed by atoms with Crippen LogP contribution in [0.15, 0.2) is 66.1 Å². The Balaban J connectivity index is 1.15. The number of aliphatic carboxylic acids is 1. The highest BCUT2D eigenvalue weighted by atomic mass is 16.4. The van der Waals surface area contributed by atoms with E-state index in [0.717, 1.165) is 63.5 Å². The van der Waals surface area contributed by atoms with Gasteiger partial charge in [0.2, 0.25) is 5.95 Å². The highest BCUT2D eigenvalue weighted by Crippen LogP contribution is 2.25. The van der Waals surface area contributed by atoms with Crippen molar-refractivity contribution in [3.05, 3.63) is 77.4 Å². The fourth-order valence-electron chi connectivity index (χ4n) is 6.35. The Morgan fingerprint density at radius 2 is 1.76 bits per heavy atom. The van der Waals surface area contributed by atoms with Crippen molar-refractivity contribution >= 4 is 34.3 Å². The fourth-order valence-corrected chi connectivity index (χ4v) is 6.35. The SMILES string of the molecule is C=CCn1c(=O)c2cnc(Nc3ccc(N4CCN(C5CCN(CC(=O)O)CC5)CC4)cc3)nc2n1-c1cccc(C(C)(C)O)n1. The summed E-state index contributed by atoms with van der Waals surface area (Å²) in [6, 6.07) is 14.0. The molecule has 0 bridgehead atoms. The number of carboxylic acid groups (broad SMARTS) is 1. The number of rotatable bonds is 10. The summed E-state index contributed by atoms with van der Waals surface area (Å²) in [7, 11) is 0. The molecule has 0 atom stereocenters. The summed E-state index contributed by atoms with van der Waals surface area (Å²) >= 11 is 0. The number of nitrogens with one attached hydrogen (secondary N) is 1. The lowest BCUT2D eigenvalue weighted by Gasteiger charge is -2.43. The normalized spacial score (nSPS) is 17.0. The fraction of sp³-hybridized carbons (Fsp3) is 0.424. The molecule has 242 valence electrons. The molecule has 46 heavy (non-hydrogen) atoms. The number of aromatic nitrogens is 5. The van der Waals surface area contributed by atoms with Crippen LogP contribution in [0.25, 0.3) is 16.9 Å². The van der Waals surface area contributed by atoms with Gasteiger partial charge in [-0.05, 0) is 63.1 Å². The molecule has 0 radical (unpaired) electrons. The summed E-state index contributed by atoms with van der Waals surface area (Å²) in [5, 5.41) is 23.2. The van der Waals surface area contributed by atoms with Gasteiger partial charge in [-0.2, -0.15) is 4.98 Å². The topological polar surface area (TPSA) is 145 Å². The van der Waals surface area contributed by atoms with Crippen LogP contribution in [0, 0.1) is 0 Å². The summed E-state index contributed by atoms with van der Waals surface area (Å²) in [6.45, 7) is 13.0. The second kappa shape index (κ2) is 13.0. The first kappa shape index (κ1) is 31.4. The third-order valence-corrected chi connectivity index (χ3v) is 8.79. The lowest BCUT2D eigenvalue weighted by atomic mass is 10.0. The van der Waals surface area contributed by atoms with E-state index in [1.165, 1.54) is 10.9 Å². The number of anilines is 3. The van der Waals surface area contributed by atoms with Gasteiger partial charge in [-0.1, -0.05) is 12.1 Å². The zero-order chi connectivity index (χ0) is 32.4. The van der Waals surface area contributed by atoms with E-state index in [9.17, 15) is 14.7 Å². The van der Waals surface area contributed by atoms with Gasteiger partial charge in [0.25, 0.3) is 5.56 Å². The quantitative estimate of drug-likeness (QED) is 0.223. The Labute approximate surface area is 267 Å². The number of pyridine rings is 1. The molecule has 0 unspecified atom stereocenters. The zero-order valence-electron chi connectivity index (χ0n) is 26.3. The monoisotopic (exact) mass is 627 g/mol. The van der Waals surface area contributed by atoms with E-state index in [0.29, 0.717) is 34.5 Å². The Morgan fingerprint density at radius 1 is 1.04 bits per heavy atom. The maximum Gasteiger partial charge on any atom is 0.317 e. The van der Waals surface area contributed by atoms with Crippen LogP contribution < -0.4 is 15.8 Å². The molecule has 13 heteroatoms. The summed E-state index contributed by atoms with van der Waals surface area (Å²) < 4.78 is 3.15. The summed E-state index contributed by atoms with van der Waals surface area (Å²) in [4.78, 5) is 45.1. The molecule has 6 rings (SSSR count). The highest BCUT2D eigenvalue weighted by Gasteiger charge is 2.28. The number of likely N-dealkylation sites (tertiary alicyclic amines) is 1. The van der Waals surface area contributed by atoms with Crippen LogP contribution in [0.4, 0.5) is 17.3 Å². The van der Waals surface area contributed by atoms with Crippen molar-refractivity contribution in [3.8, 4) is 5.82 Å². The lowest BCUT2D eigenvalue weighted by Crippen LogP contribution is -2.53. The minimum absolute atomic E-state index is 0.131. The van der Waals surface area contributed by atoms with Gasteiger partial charge in [-0.15, -0.1) is 6.58 Å². The first-order valence-corrected chi connectivity index (χ1v) is 15.7. The number of allylic oxidation sites excluding steroid dienone is 1. The van der Waals surface area contributed by atoms with Crippen LogP contribution in [-0.2, 0) is 16.9 Å². The van der Waals surface area contributed by atoms with E-state index in [4.69, 9.17) is 10.1 Å². The van der Waals surface area contributed by atoms with Gasteiger partial charge < -0.3 is 20.4 Å². The van der Waals surface area contributed by atoms with E-state index in [-0.39, 0.29) is 18.6 Å². The first-order valence-electron chi connectivity index (χ1n) is 15.7. The number of carbonyl (C=O) groups is 1. The number of benzene rings is 1. The van der Waals surface area contributed by atoms with Gasteiger partial charge in [0.05, 0.1) is 18.8 Å². The molecule has 4 aromatic rings. The van der Waals surface area contributed by atoms with Gasteiger partial charge in [0.1, 0.15) is 11.0 Å². The Bertz CT molecular complexity index is 1760. The smallest absolute Gasteiger partial charge is 0.317 e. The number of aliphatic hydroxyl groups is 1. The Hall–Kier alpha value is -4.59. The number of fused-ring (bicyclic) bond motifs is 1. The second-order valence-electron chi connectivity index (χ2n) is 12.5. The molecule has 0 saturated carbocycles. The number of hydrogen-bond acceptors (Lipinski definition) is 10. The van der Waals surface area contributed by atoms with Crippen molar-refractivity contribution in [2.24, 2.45) is 0 Å². The van der Waals surface area contributed by atoms with Gasteiger partial charge in [-0.25, -0.2) is 19.3 Å². The highest BCUT2D eigenvalue weighted by molar-refractivity contribution is 5.77. The van der Waals surface area contributed by atoms with Crippen molar-refractivity contribution in [2.75, 3.05) is 56.0 Å². The molecule has 5 heterocycles. The first-order chi connectivity index (χ1) is 22.1. The second-order valence-corrected chi connectivity index (χ2v) is 12.5. The van der Waals surface area contributed by atoms with Crippen LogP contribution in [0.3, 0.4) is 0 Å². The maximum atomic E-state index is 13.3. The van der Waals surface area contributed by atoms with E-state index in [1.807, 2.05) is 17.0 Å². The Morgan fingerprint density at radius 3 is 2.41 bits per heavy atom. The van der Waals surface area contributed by atoms with Gasteiger partial charge >= 0.3 is 5.97 Å². The molecule has 2 aliphatic heterocycles. The van der Waals surface area contributed by atoms with Crippen molar-refractivity contribution in [2.45, 2.75) is 44.9 Å². The third-order valence-electron chi connectivity index (χ3n) is 8.79. The lowest BCUT2D eigenvalue weighted by molar-refractivity contribution is -0.138. The minimum Gasteiger partial charge on any atom is -0.480 e. The number of nitrogens with zero attached hydrogens (tertiary/aromatic N) is 8. The van der Waals surface area contributed by atoms with E-state index < -0.39 is 11.6 Å². The summed E-state index contributed by atoms with van der Waals surface area (Å²) in [5.41, 5.74) is 1.41. The van der Waals surface area contributed by atoms with E-state index >= 15 is 0 Å². The number of carboxylic acids is 1. The van der Waals surface area contributed by atoms with Gasteiger partial charge in [0, 0.05) is 62.9 Å². The average Bonchev–Trinajstić information content (AvgIpc) is 3.31. The van der Waals surface area contributed by atoms with Crippen molar-refractivity contribution in [1.29, 1.82) is 0 Å². The van der Waals surface area contributed by atoms with Crippen molar-refractivity contribution in [1.82, 2.24) is 34.1 Å². The maximum absolute atomic E-state index is 13.3. The number of piperidine rings is 1. The van der Waals surface area contributed by atoms with Gasteiger partial charge in [0.15, 0.2) is 11.5 Å². The van der Waals surface area contributed by atoms with E-state index in [2.05, 4.69) is 43.8 Å². The molecule has 13 nitrogen and oxygen atoms in total. The summed E-state index contributed by atoms with van der Waals surface area (Å²) in [6.07, 6.45) is 5.19. The molecule has 0 spiro atoms. The largest absolute Gasteiger partial charge is 0.480 e. The number of piperazine rings is 1. The Kier molecular flexibility index (Phi) is 8.89. The molecule has 0 aliphatic carbocycles. The average molecular weight is 628 g/mol. The molecule has 2 aliphatic rings. The van der Waals surface area contributed by atoms with Gasteiger partial charge in [-0.3, -0.25) is 19.4 Å². The van der Waals surface area contributed by atoms with Crippen LogP contribution in [0.1, 0.15) is 32.4 Å². The van der Waals surface area contributed by atoms with Crippen LogP contribution in [0.5, 0.6) is 0 Å². The molecule has 3 aromatic heterocycles. The third kappa shape index (κ3) is 6.66. The van der Waals surface area contributed by atoms with Crippen molar-refractivity contribution in [3.63, 3.8) is 0 Å². The molecular formula is C33H41N9O4. The van der Waals surface area contributed by atoms with E-state index in [1.54, 1.807) is 42.8 Å². The molecule has 1 aromatic carbocycles. The molecule has 2 fully saturated rings. The van der Waals surface area contributed by atoms with Crippen LogP contribution in [-0.4, -0.2) is 102 Å². The molecule has 3 N–H and O–H groups in total. The number of hydrogen-bond donors (Lipinski definition) is 3. The molecule has 0 amide bonds. The predicted molar refractivity (Wildman–Crippen MR) is 177 cm³/mol. The molecule has 2 saturated heterocycles.